The molecular formula is C27H9F6N3. The molecule has 0 bridgehead atoms. The average molecular weight is 489 g/mol. The summed E-state index contributed by atoms with van der Waals surface area (Å²) in [6.45, 7) is 0. The van der Waals surface area contributed by atoms with E-state index in [-0.39, 0.29) is 50.1 Å². The highest BCUT2D eigenvalue weighted by Gasteiger charge is 2.41. The van der Waals surface area contributed by atoms with Crippen molar-refractivity contribution in [2.45, 2.75) is 0 Å². The zero-order chi connectivity index (χ0) is 26.1. The van der Waals surface area contributed by atoms with Gasteiger partial charge in [0.2, 0.25) is 0 Å². The van der Waals surface area contributed by atoms with Crippen molar-refractivity contribution in [2.75, 3.05) is 0 Å². The van der Waals surface area contributed by atoms with Gasteiger partial charge in [-0.15, -0.1) is 0 Å². The van der Waals surface area contributed by atoms with E-state index in [1.54, 1.807) is 18.2 Å². The van der Waals surface area contributed by atoms with Gasteiger partial charge < -0.3 is 0 Å². The maximum atomic E-state index is 13.9. The third kappa shape index (κ3) is 4.49. The third-order valence-corrected chi connectivity index (χ3v) is 5.23. The van der Waals surface area contributed by atoms with Crippen LogP contribution in [0.15, 0.2) is 71.3 Å². The predicted molar refractivity (Wildman–Crippen MR) is 117 cm³/mol. The van der Waals surface area contributed by atoms with Crippen LogP contribution in [0.2, 0.25) is 0 Å². The predicted octanol–water partition coefficient (Wildman–Crippen LogP) is 6.77. The molecule has 0 unspecified atom stereocenters. The fourth-order valence-corrected chi connectivity index (χ4v) is 3.83. The number of allylic oxidation sites excluding steroid dienone is 6. The summed E-state index contributed by atoms with van der Waals surface area (Å²) in [4.78, 5) is 0. The zero-order valence-electron chi connectivity index (χ0n) is 17.8. The summed E-state index contributed by atoms with van der Waals surface area (Å²) in [5, 5.41) is 29.5. The van der Waals surface area contributed by atoms with Crippen LogP contribution in [0.4, 0.5) is 26.3 Å². The smallest absolute Gasteiger partial charge is 0.126 e. The molecule has 0 spiro atoms. The molecule has 1 saturated carbocycles. The summed E-state index contributed by atoms with van der Waals surface area (Å²) < 4.78 is 83.4. The van der Waals surface area contributed by atoms with Gasteiger partial charge in [-0.05, 0) is 53.1 Å². The Morgan fingerprint density at radius 1 is 0.389 bits per heavy atom. The number of benzene rings is 3. The molecule has 0 aliphatic heterocycles. The minimum atomic E-state index is -1.02. The molecule has 1 aliphatic carbocycles. The van der Waals surface area contributed by atoms with Crippen LogP contribution >= 0.6 is 0 Å². The van der Waals surface area contributed by atoms with Crippen molar-refractivity contribution in [3.05, 3.63) is 123 Å². The van der Waals surface area contributed by atoms with Gasteiger partial charge in [-0.1, -0.05) is 0 Å². The maximum Gasteiger partial charge on any atom is 0.126 e. The van der Waals surface area contributed by atoms with E-state index in [9.17, 15) is 42.1 Å². The first kappa shape index (κ1) is 24.1. The van der Waals surface area contributed by atoms with Gasteiger partial charge in [0.15, 0.2) is 0 Å². The number of halogens is 6. The number of nitrogens with zero attached hydrogens (tertiary/aromatic N) is 3. The van der Waals surface area contributed by atoms with Crippen molar-refractivity contribution in [1.29, 1.82) is 15.8 Å². The van der Waals surface area contributed by atoms with Crippen molar-refractivity contribution >= 4 is 16.7 Å². The van der Waals surface area contributed by atoms with E-state index in [4.69, 9.17) is 0 Å². The second-order valence-corrected chi connectivity index (χ2v) is 7.56. The van der Waals surface area contributed by atoms with Crippen molar-refractivity contribution in [2.24, 2.45) is 0 Å². The highest BCUT2D eigenvalue weighted by molar-refractivity contribution is 6.12. The minimum Gasteiger partial charge on any atom is -0.207 e. The quantitative estimate of drug-likeness (QED) is 0.301. The van der Waals surface area contributed by atoms with Gasteiger partial charge in [0.1, 0.15) is 53.1 Å². The number of rotatable bonds is 3. The van der Waals surface area contributed by atoms with Gasteiger partial charge in [-0.3, -0.25) is 0 Å². The standard InChI is InChI=1S/C27H9F6N3/c28-16-1-13(2-17(29)7-16)22(10-34)25-26(23(11-35)14-3-18(30)8-19(31)4-14)27(25)24(12-36)15-5-20(32)9-21(33)6-15/h1-9H. The van der Waals surface area contributed by atoms with Gasteiger partial charge >= 0.3 is 0 Å². The largest absolute Gasteiger partial charge is 0.207 e. The van der Waals surface area contributed by atoms with Crippen LogP contribution in [0.1, 0.15) is 16.7 Å². The van der Waals surface area contributed by atoms with Crippen LogP contribution in [0.5, 0.6) is 0 Å². The van der Waals surface area contributed by atoms with E-state index in [0.717, 1.165) is 36.4 Å². The Kier molecular flexibility index (Phi) is 6.21. The van der Waals surface area contributed by atoms with Crippen molar-refractivity contribution in [3.63, 3.8) is 0 Å². The molecule has 0 saturated heterocycles. The van der Waals surface area contributed by atoms with Crippen LogP contribution in [-0.2, 0) is 0 Å². The summed E-state index contributed by atoms with van der Waals surface area (Å²) in [5.41, 5.74) is -2.25. The molecule has 4 rings (SSSR count). The second kappa shape index (κ2) is 9.29. The van der Waals surface area contributed by atoms with E-state index in [2.05, 4.69) is 0 Å². The topological polar surface area (TPSA) is 71.4 Å². The lowest BCUT2D eigenvalue weighted by molar-refractivity contribution is 0.582. The molecule has 0 N–H and O–H groups in total. The molecule has 3 aromatic rings. The fourth-order valence-electron chi connectivity index (χ4n) is 3.83. The van der Waals surface area contributed by atoms with Crippen LogP contribution in [0.3, 0.4) is 0 Å². The number of hydrogen-bond donors (Lipinski definition) is 0. The maximum absolute atomic E-state index is 13.9. The minimum absolute atomic E-state index is 0.134. The monoisotopic (exact) mass is 489 g/mol. The molecule has 0 radical (unpaired) electrons. The summed E-state index contributed by atoms with van der Waals surface area (Å²) in [6, 6.07) is 12.0. The molecule has 1 aliphatic rings. The Balaban J connectivity index is 2.14. The molecule has 174 valence electrons. The summed E-state index contributed by atoms with van der Waals surface area (Å²) in [7, 11) is 0. The Hall–Kier alpha value is -5.07. The third-order valence-electron chi connectivity index (χ3n) is 5.23. The molecule has 0 atom stereocenters. The van der Waals surface area contributed by atoms with E-state index in [0.29, 0.717) is 18.2 Å². The van der Waals surface area contributed by atoms with Crippen LogP contribution in [0.25, 0.3) is 16.7 Å². The van der Waals surface area contributed by atoms with E-state index >= 15 is 0 Å². The summed E-state index contributed by atoms with van der Waals surface area (Å²) in [6.07, 6.45) is 0. The fraction of sp³-hybridized carbons (Fsp3) is 0. The Morgan fingerprint density at radius 2 is 0.583 bits per heavy atom. The number of nitriles is 3. The van der Waals surface area contributed by atoms with Crippen molar-refractivity contribution in [1.82, 2.24) is 0 Å². The van der Waals surface area contributed by atoms with Gasteiger partial charge in [-0.2, -0.15) is 15.8 Å². The molecule has 36 heavy (non-hydrogen) atoms. The molecule has 3 aromatic carbocycles. The van der Waals surface area contributed by atoms with Crippen molar-refractivity contribution < 1.29 is 26.3 Å². The Bertz CT molecular complexity index is 1410. The van der Waals surface area contributed by atoms with Gasteiger partial charge in [0, 0.05) is 34.9 Å². The number of hydrogen-bond acceptors (Lipinski definition) is 3. The molecule has 0 aromatic heterocycles. The highest BCUT2D eigenvalue weighted by Crippen LogP contribution is 2.56. The molecule has 1 fully saturated rings. The Morgan fingerprint density at radius 3 is 0.750 bits per heavy atom. The van der Waals surface area contributed by atoms with E-state index < -0.39 is 34.9 Å². The van der Waals surface area contributed by atoms with Gasteiger partial charge in [0.25, 0.3) is 0 Å². The van der Waals surface area contributed by atoms with E-state index in [1.807, 2.05) is 0 Å². The average Bonchev–Trinajstić information content (AvgIpc) is 3.47. The molecule has 0 amide bonds. The normalized spacial score (nSPS) is 11.9. The van der Waals surface area contributed by atoms with Crippen LogP contribution in [0, 0.1) is 68.9 Å². The lowest BCUT2D eigenvalue weighted by atomic mass is 10.0. The van der Waals surface area contributed by atoms with Gasteiger partial charge in [0.05, 0.1) is 16.7 Å². The SMILES string of the molecule is N#CC(=C1C(=C(C#N)c2cc(F)cc(F)c2)C1=C(C#N)c1cc(F)cc(F)c1)c1cc(F)cc(F)c1. The van der Waals surface area contributed by atoms with Crippen molar-refractivity contribution in [3.8, 4) is 18.2 Å². The van der Waals surface area contributed by atoms with E-state index in [1.165, 1.54) is 0 Å². The van der Waals surface area contributed by atoms with Gasteiger partial charge in [-0.25, -0.2) is 26.3 Å². The molecule has 3 nitrogen and oxygen atoms in total. The highest BCUT2D eigenvalue weighted by atomic mass is 19.2. The first-order chi connectivity index (χ1) is 17.2. The zero-order valence-corrected chi connectivity index (χ0v) is 17.8. The molecule has 9 heteroatoms. The van der Waals surface area contributed by atoms with Crippen LogP contribution in [-0.4, -0.2) is 0 Å². The summed E-state index contributed by atoms with van der Waals surface area (Å²) in [5.74, 6) is -6.11. The molecular weight excluding hydrogens is 480 g/mol. The first-order valence-electron chi connectivity index (χ1n) is 10.0. The van der Waals surface area contributed by atoms with Crippen LogP contribution < -0.4 is 0 Å². The first-order valence-corrected chi connectivity index (χ1v) is 10.0. The molecule has 0 heterocycles. The lowest BCUT2D eigenvalue weighted by Gasteiger charge is -2.00. The Labute approximate surface area is 200 Å². The lowest BCUT2D eigenvalue weighted by Crippen LogP contribution is -1.88. The summed E-state index contributed by atoms with van der Waals surface area (Å²) >= 11 is 0. The second-order valence-electron chi connectivity index (χ2n) is 7.56.